The first-order valence-electron chi connectivity index (χ1n) is 7.72. The summed E-state index contributed by atoms with van der Waals surface area (Å²) in [5.74, 6) is -2.94. The van der Waals surface area contributed by atoms with E-state index in [2.05, 4.69) is 10.0 Å². The summed E-state index contributed by atoms with van der Waals surface area (Å²) in [4.78, 5) is 23.8. The lowest BCUT2D eigenvalue weighted by Gasteiger charge is -2.29. The maximum Gasteiger partial charge on any atom is 0.350 e. The molecule has 0 atom stereocenters. The molecule has 1 aliphatic carbocycles. The highest BCUT2D eigenvalue weighted by atomic mass is 32.2. The summed E-state index contributed by atoms with van der Waals surface area (Å²) in [6.45, 7) is 2.91. The summed E-state index contributed by atoms with van der Waals surface area (Å²) in [5, 5.41) is 2.73. The topological polar surface area (TPSA) is 111 Å². The summed E-state index contributed by atoms with van der Waals surface area (Å²) < 4.78 is 37.0. The van der Waals surface area contributed by atoms with Crippen LogP contribution in [0.5, 0.6) is 0 Å². The fourth-order valence-electron chi connectivity index (χ4n) is 2.18. The first-order valence-corrected chi connectivity index (χ1v) is 9.20. The molecule has 0 unspecified atom stereocenters. The Bertz CT molecular complexity index is 833. The molecule has 1 aliphatic heterocycles. The summed E-state index contributed by atoms with van der Waals surface area (Å²) in [5.41, 5.74) is 0.0975. The zero-order valence-electron chi connectivity index (χ0n) is 13.7. The molecule has 2 fully saturated rings. The van der Waals surface area contributed by atoms with Crippen LogP contribution in [-0.4, -0.2) is 32.2 Å². The van der Waals surface area contributed by atoms with Crippen LogP contribution in [0.15, 0.2) is 40.9 Å². The van der Waals surface area contributed by atoms with Gasteiger partial charge < -0.3 is 14.8 Å². The number of carbonyl (C=O) groups excluding carboxylic acids is 2. The summed E-state index contributed by atoms with van der Waals surface area (Å²) in [6.07, 6.45) is 2.81. The molecule has 1 saturated heterocycles. The van der Waals surface area contributed by atoms with Gasteiger partial charge in [0.2, 0.25) is 10.0 Å². The van der Waals surface area contributed by atoms with Gasteiger partial charge in [0.05, 0.1) is 4.90 Å². The van der Waals surface area contributed by atoms with Gasteiger partial charge in [-0.1, -0.05) is 6.07 Å². The van der Waals surface area contributed by atoms with E-state index in [0.29, 0.717) is 5.69 Å². The van der Waals surface area contributed by atoms with E-state index in [9.17, 15) is 18.0 Å². The van der Waals surface area contributed by atoms with Gasteiger partial charge in [-0.3, -0.25) is 0 Å². The van der Waals surface area contributed by atoms with Crippen molar-refractivity contribution in [2.24, 2.45) is 0 Å². The average molecular weight is 366 g/mol. The number of rotatable bonds is 5. The molecule has 0 bridgehead atoms. The fraction of sp³-hybridized carbons (Fsp3) is 0.375. The Kier molecular flexibility index (Phi) is 4.29. The number of anilines is 1. The third-order valence-corrected chi connectivity index (χ3v) is 5.06. The Balaban J connectivity index is 1.76. The molecule has 0 spiro atoms. The van der Waals surface area contributed by atoms with E-state index < -0.39 is 27.7 Å². The van der Waals surface area contributed by atoms with Crippen molar-refractivity contribution in [3.8, 4) is 0 Å². The third kappa shape index (κ3) is 4.18. The van der Waals surface area contributed by atoms with Crippen LogP contribution < -0.4 is 10.0 Å². The van der Waals surface area contributed by atoms with Crippen molar-refractivity contribution in [3.63, 3.8) is 0 Å². The molecule has 1 heterocycles. The first kappa shape index (κ1) is 17.4. The lowest BCUT2D eigenvalue weighted by atomic mass is 10.2. The minimum absolute atomic E-state index is 0.00105. The maximum absolute atomic E-state index is 12.2. The Labute approximate surface area is 145 Å². The van der Waals surface area contributed by atoms with Crippen LogP contribution in [-0.2, 0) is 29.1 Å². The van der Waals surface area contributed by atoms with E-state index in [1.54, 1.807) is 12.1 Å². The summed E-state index contributed by atoms with van der Waals surface area (Å²) >= 11 is 0. The van der Waals surface area contributed by atoms with Crippen molar-refractivity contribution in [1.29, 1.82) is 0 Å². The van der Waals surface area contributed by atoms with Gasteiger partial charge >= 0.3 is 11.9 Å². The molecule has 2 aliphatic rings. The van der Waals surface area contributed by atoms with Crippen molar-refractivity contribution in [3.05, 3.63) is 36.0 Å². The molecule has 9 heteroatoms. The molecule has 0 amide bonds. The summed E-state index contributed by atoms with van der Waals surface area (Å²) in [7, 11) is -3.59. The van der Waals surface area contributed by atoms with E-state index >= 15 is 0 Å². The molecular weight excluding hydrogens is 348 g/mol. The molecule has 8 nitrogen and oxygen atoms in total. The van der Waals surface area contributed by atoms with Gasteiger partial charge in [-0.05, 0) is 31.0 Å². The van der Waals surface area contributed by atoms with Gasteiger partial charge in [0.25, 0.3) is 5.79 Å². The molecule has 2 N–H and O–H groups in total. The minimum atomic E-state index is -3.59. The number of esters is 2. The molecular formula is C16H18N2O6S. The second-order valence-corrected chi connectivity index (χ2v) is 8.02. The zero-order valence-corrected chi connectivity index (χ0v) is 14.6. The van der Waals surface area contributed by atoms with Gasteiger partial charge in [0.1, 0.15) is 0 Å². The van der Waals surface area contributed by atoms with E-state index in [0.717, 1.165) is 19.0 Å². The lowest BCUT2D eigenvalue weighted by Crippen LogP contribution is -2.42. The number of nitrogens with one attached hydrogen (secondary N) is 2. The first-order chi connectivity index (χ1) is 11.7. The number of carbonyl (C=O) groups is 2. The van der Waals surface area contributed by atoms with Crippen LogP contribution in [0, 0.1) is 0 Å². The SMILES string of the molecule is CC1(C)OC(=O)C(=CNc2cccc(S(=O)(=O)NC3CC3)c2)C(=O)O1. The van der Waals surface area contributed by atoms with E-state index in [1.165, 1.54) is 26.0 Å². The molecule has 1 aromatic carbocycles. The predicted molar refractivity (Wildman–Crippen MR) is 87.8 cm³/mol. The zero-order chi connectivity index (χ0) is 18.2. The smallest absolute Gasteiger partial charge is 0.350 e. The monoisotopic (exact) mass is 366 g/mol. The fourth-order valence-corrected chi connectivity index (χ4v) is 3.53. The van der Waals surface area contributed by atoms with Gasteiger partial charge in [0.15, 0.2) is 5.57 Å². The minimum Gasteiger partial charge on any atom is -0.419 e. The van der Waals surface area contributed by atoms with E-state index in [-0.39, 0.29) is 16.5 Å². The number of hydrogen-bond acceptors (Lipinski definition) is 7. The van der Waals surface area contributed by atoms with Crippen LogP contribution in [0.25, 0.3) is 0 Å². The van der Waals surface area contributed by atoms with Gasteiger partial charge in [-0.15, -0.1) is 0 Å². The second-order valence-electron chi connectivity index (χ2n) is 6.30. The van der Waals surface area contributed by atoms with Crippen LogP contribution in [0.2, 0.25) is 0 Å². The number of sulfonamides is 1. The Hall–Kier alpha value is -2.39. The normalized spacial score (nSPS) is 19.8. The molecule has 134 valence electrons. The molecule has 1 aromatic rings. The van der Waals surface area contributed by atoms with Crippen LogP contribution in [0.3, 0.4) is 0 Å². The Morgan fingerprint density at radius 2 is 1.80 bits per heavy atom. The quantitative estimate of drug-likeness (QED) is 0.458. The van der Waals surface area contributed by atoms with Gasteiger partial charge in [-0.2, -0.15) is 0 Å². The van der Waals surface area contributed by atoms with Gasteiger partial charge in [0, 0.05) is 31.8 Å². The molecule has 0 radical (unpaired) electrons. The summed E-state index contributed by atoms with van der Waals surface area (Å²) in [6, 6.07) is 6.04. The van der Waals surface area contributed by atoms with Crippen LogP contribution in [0.4, 0.5) is 5.69 Å². The second kappa shape index (κ2) is 6.16. The molecule has 25 heavy (non-hydrogen) atoms. The highest BCUT2D eigenvalue weighted by Gasteiger charge is 2.39. The van der Waals surface area contributed by atoms with Gasteiger partial charge in [-0.25, -0.2) is 22.7 Å². The number of hydrogen-bond donors (Lipinski definition) is 2. The number of cyclic esters (lactones) is 2. The molecule has 0 aromatic heterocycles. The van der Waals surface area contributed by atoms with Crippen molar-refractivity contribution < 1.29 is 27.5 Å². The van der Waals surface area contributed by atoms with Crippen LogP contribution >= 0.6 is 0 Å². The van der Waals surface area contributed by atoms with Crippen molar-refractivity contribution in [2.75, 3.05) is 5.32 Å². The number of ether oxygens (including phenoxy) is 2. The van der Waals surface area contributed by atoms with Crippen molar-refractivity contribution >= 4 is 27.6 Å². The van der Waals surface area contributed by atoms with E-state index in [1.807, 2.05) is 0 Å². The molecule has 3 rings (SSSR count). The Morgan fingerprint density at radius 1 is 1.16 bits per heavy atom. The van der Waals surface area contributed by atoms with Crippen LogP contribution in [0.1, 0.15) is 26.7 Å². The molecule has 1 saturated carbocycles. The standard InChI is InChI=1S/C16H18N2O6S/c1-16(2)23-14(19)13(15(20)24-16)9-17-11-4-3-5-12(8-11)25(21,22)18-10-6-7-10/h3-5,8-10,17-18H,6-7H2,1-2H3. The predicted octanol–water partition coefficient (Wildman–Crippen LogP) is 1.26. The Morgan fingerprint density at radius 3 is 2.40 bits per heavy atom. The van der Waals surface area contributed by atoms with Crippen molar-refractivity contribution in [2.45, 2.75) is 43.4 Å². The lowest BCUT2D eigenvalue weighted by molar-refractivity contribution is -0.222. The van der Waals surface area contributed by atoms with E-state index in [4.69, 9.17) is 9.47 Å². The average Bonchev–Trinajstić information content (AvgIpc) is 3.29. The number of benzene rings is 1. The third-order valence-electron chi connectivity index (χ3n) is 3.54. The highest BCUT2D eigenvalue weighted by molar-refractivity contribution is 7.89. The highest BCUT2D eigenvalue weighted by Crippen LogP contribution is 2.24. The van der Waals surface area contributed by atoms with Crippen molar-refractivity contribution in [1.82, 2.24) is 4.72 Å². The largest absolute Gasteiger partial charge is 0.419 e. The maximum atomic E-state index is 12.2.